The zero-order chi connectivity index (χ0) is 21.1. The third kappa shape index (κ3) is 4.05. The van der Waals surface area contributed by atoms with Gasteiger partial charge in [0.05, 0.1) is 18.1 Å². The van der Waals surface area contributed by atoms with E-state index in [9.17, 15) is 14.7 Å². The Labute approximate surface area is 176 Å². The highest BCUT2D eigenvalue weighted by molar-refractivity contribution is 5.79. The molecule has 158 valence electrons. The molecular formula is C24H27NO5. The Kier molecular flexibility index (Phi) is 5.77. The molecule has 0 spiro atoms. The van der Waals surface area contributed by atoms with Crippen LogP contribution in [0.1, 0.15) is 49.7 Å². The molecule has 6 heteroatoms. The second-order valence-corrected chi connectivity index (χ2v) is 8.24. The number of fused-ring (bicyclic) bond motifs is 3. The smallest absolute Gasteiger partial charge is 0.407 e. The molecule has 0 radical (unpaired) electrons. The van der Waals surface area contributed by atoms with E-state index in [-0.39, 0.29) is 18.9 Å². The number of carbonyl (C=O) groups is 2. The molecule has 30 heavy (non-hydrogen) atoms. The zero-order valence-corrected chi connectivity index (χ0v) is 17.1. The van der Waals surface area contributed by atoms with Gasteiger partial charge in [-0.3, -0.25) is 4.79 Å². The molecule has 2 aromatic carbocycles. The summed E-state index contributed by atoms with van der Waals surface area (Å²) in [5.41, 5.74) is 3.89. The SMILES string of the molecule is CC1([C@H](CC(=O)O)NC(=O)OCC2c3ccccc3-c3ccccc32)CCCCO1. The largest absolute Gasteiger partial charge is 0.481 e. The number of ether oxygens (including phenoxy) is 2. The van der Waals surface area contributed by atoms with Crippen molar-refractivity contribution in [2.75, 3.05) is 13.2 Å². The Morgan fingerprint density at radius 1 is 1.13 bits per heavy atom. The van der Waals surface area contributed by atoms with Crippen LogP contribution in [0.5, 0.6) is 0 Å². The molecule has 0 aromatic heterocycles. The minimum absolute atomic E-state index is 0.0393. The van der Waals surface area contributed by atoms with Crippen molar-refractivity contribution in [3.8, 4) is 11.1 Å². The van der Waals surface area contributed by atoms with Gasteiger partial charge in [-0.05, 0) is 48.4 Å². The Bertz CT molecular complexity index is 889. The summed E-state index contributed by atoms with van der Waals surface area (Å²) in [6.07, 6.45) is 1.77. The average molecular weight is 409 g/mol. The number of amides is 1. The third-order valence-corrected chi connectivity index (χ3v) is 6.25. The second kappa shape index (κ2) is 8.48. The summed E-state index contributed by atoms with van der Waals surface area (Å²) in [6, 6.07) is 15.6. The van der Waals surface area contributed by atoms with Crippen LogP contribution in [0.3, 0.4) is 0 Å². The van der Waals surface area contributed by atoms with Gasteiger partial charge in [-0.1, -0.05) is 48.5 Å². The first kappa shape index (κ1) is 20.4. The van der Waals surface area contributed by atoms with Gasteiger partial charge < -0.3 is 19.9 Å². The summed E-state index contributed by atoms with van der Waals surface area (Å²) >= 11 is 0. The van der Waals surface area contributed by atoms with Gasteiger partial charge in [0.2, 0.25) is 0 Å². The van der Waals surface area contributed by atoms with E-state index in [1.54, 1.807) is 0 Å². The molecular weight excluding hydrogens is 382 g/mol. The predicted molar refractivity (Wildman–Crippen MR) is 112 cm³/mol. The summed E-state index contributed by atoms with van der Waals surface area (Å²) in [5.74, 6) is -1.02. The summed E-state index contributed by atoms with van der Waals surface area (Å²) in [6.45, 7) is 2.62. The van der Waals surface area contributed by atoms with Crippen molar-refractivity contribution < 1.29 is 24.2 Å². The van der Waals surface area contributed by atoms with Gasteiger partial charge in [0, 0.05) is 12.5 Å². The van der Waals surface area contributed by atoms with Gasteiger partial charge >= 0.3 is 12.1 Å². The van der Waals surface area contributed by atoms with Crippen molar-refractivity contribution in [3.63, 3.8) is 0 Å². The molecule has 2 atom stereocenters. The maximum atomic E-state index is 12.6. The van der Waals surface area contributed by atoms with E-state index < -0.39 is 23.7 Å². The number of nitrogens with one attached hydrogen (secondary N) is 1. The molecule has 2 aromatic rings. The van der Waals surface area contributed by atoms with Crippen molar-refractivity contribution >= 4 is 12.1 Å². The molecule has 4 rings (SSSR count). The highest BCUT2D eigenvalue weighted by Gasteiger charge is 2.39. The fraction of sp³-hybridized carbons (Fsp3) is 0.417. The van der Waals surface area contributed by atoms with Gasteiger partial charge in [-0.2, -0.15) is 0 Å². The standard InChI is InChI=1S/C24H27NO5/c1-24(12-6-7-13-30-24)21(14-22(26)27)25-23(28)29-15-20-18-10-4-2-8-16(18)17-9-3-5-11-19(17)20/h2-5,8-11,20-21H,6-7,12-15H2,1H3,(H,25,28)(H,26,27)/t21-,24?/m0/s1. The van der Waals surface area contributed by atoms with E-state index in [0.29, 0.717) is 13.0 Å². The first-order valence-electron chi connectivity index (χ1n) is 10.5. The summed E-state index contributed by atoms with van der Waals surface area (Å²) in [5, 5.41) is 12.1. The lowest BCUT2D eigenvalue weighted by molar-refractivity contribution is -0.142. The normalized spacial score (nSPS) is 21.4. The van der Waals surface area contributed by atoms with Crippen LogP contribution in [0.4, 0.5) is 4.79 Å². The van der Waals surface area contributed by atoms with E-state index in [2.05, 4.69) is 29.6 Å². The van der Waals surface area contributed by atoms with Gasteiger partial charge in [0.1, 0.15) is 6.61 Å². The molecule has 1 aliphatic carbocycles. The fourth-order valence-electron chi connectivity index (χ4n) is 4.61. The van der Waals surface area contributed by atoms with Gasteiger partial charge in [0.25, 0.3) is 0 Å². The van der Waals surface area contributed by atoms with Crippen molar-refractivity contribution in [2.45, 2.75) is 50.2 Å². The molecule has 0 saturated carbocycles. The van der Waals surface area contributed by atoms with Crippen molar-refractivity contribution in [3.05, 3.63) is 59.7 Å². The minimum atomic E-state index is -0.977. The lowest BCUT2D eigenvalue weighted by Crippen LogP contribution is -2.54. The Morgan fingerprint density at radius 3 is 2.33 bits per heavy atom. The van der Waals surface area contributed by atoms with Crippen molar-refractivity contribution in [2.24, 2.45) is 0 Å². The second-order valence-electron chi connectivity index (χ2n) is 8.24. The van der Waals surface area contributed by atoms with Crippen LogP contribution >= 0.6 is 0 Å². The number of carboxylic acids is 1. The average Bonchev–Trinajstić information content (AvgIpc) is 3.06. The van der Waals surface area contributed by atoms with Gasteiger partial charge in [-0.25, -0.2) is 4.79 Å². The van der Waals surface area contributed by atoms with Gasteiger partial charge in [0.15, 0.2) is 0 Å². The molecule has 0 bridgehead atoms. The van der Waals surface area contributed by atoms with Crippen molar-refractivity contribution in [1.82, 2.24) is 5.32 Å². The zero-order valence-electron chi connectivity index (χ0n) is 17.1. The Balaban J connectivity index is 1.45. The van der Waals surface area contributed by atoms with E-state index in [4.69, 9.17) is 9.47 Å². The molecule has 1 aliphatic heterocycles. The first-order chi connectivity index (χ1) is 14.5. The quantitative estimate of drug-likeness (QED) is 0.742. The van der Waals surface area contributed by atoms with Crippen LogP contribution in [0.2, 0.25) is 0 Å². The topological polar surface area (TPSA) is 84.9 Å². The third-order valence-electron chi connectivity index (χ3n) is 6.25. The Morgan fingerprint density at radius 2 is 1.77 bits per heavy atom. The van der Waals surface area contributed by atoms with Crippen LogP contribution in [0.15, 0.2) is 48.5 Å². The van der Waals surface area contributed by atoms with Gasteiger partial charge in [-0.15, -0.1) is 0 Å². The van der Waals surface area contributed by atoms with Crippen molar-refractivity contribution in [1.29, 1.82) is 0 Å². The molecule has 2 N–H and O–H groups in total. The molecule has 1 unspecified atom stereocenters. The van der Waals surface area contributed by atoms with Crippen LogP contribution in [0.25, 0.3) is 11.1 Å². The molecule has 1 amide bonds. The molecule has 6 nitrogen and oxygen atoms in total. The highest BCUT2D eigenvalue weighted by atomic mass is 16.6. The number of carboxylic acid groups (broad SMARTS) is 1. The maximum Gasteiger partial charge on any atom is 0.407 e. The van der Waals surface area contributed by atoms with E-state index in [1.807, 2.05) is 31.2 Å². The van der Waals surface area contributed by atoms with E-state index >= 15 is 0 Å². The monoisotopic (exact) mass is 409 g/mol. The minimum Gasteiger partial charge on any atom is -0.481 e. The van der Waals surface area contributed by atoms with E-state index in [0.717, 1.165) is 35.1 Å². The number of hydrogen-bond acceptors (Lipinski definition) is 4. The van der Waals surface area contributed by atoms with Crippen LogP contribution in [-0.4, -0.2) is 42.0 Å². The lowest BCUT2D eigenvalue weighted by atomic mass is 9.86. The number of rotatable bonds is 6. The maximum absolute atomic E-state index is 12.6. The van der Waals surface area contributed by atoms with Crippen LogP contribution in [-0.2, 0) is 14.3 Å². The highest BCUT2D eigenvalue weighted by Crippen LogP contribution is 2.44. The number of alkyl carbamates (subject to hydrolysis) is 1. The fourth-order valence-corrected chi connectivity index (χ4v) is 4.61. The molecule has 1 heterocycles. The molecule has 1 fully saturated rings. The summed E-state index contributed by atoms with van der Waals surface area (Å²) in [7, 11) is 0. The summed E-state index contributed by atoms with van der Waals surface area (Å²) in [4.78, 5) is 24.0. The first-order valence-corrected chi connectivity index (χ1v) is 10.5. The predicted octanol–water partition coefficient (Wildman–Crippen LogP) is 4.33. The van der Waals surface area contributed by atoms with E-state index in [1.165, 1.54) is 0 Å². The van der Waals surface area contributed by atoms with Crippen LogP contribution < -0.4 is 5.32 Å². The number of hydrogen-bond donors (Lipinski definition) is 2. The molecule has 1 saturated heterocycles. The lowest BCUT2D eigenvalue weighted by Gasteiger charge is -2.40. The molecule has 2 aliphatic rings. The van der Waals surface area contributed by atoms with Crippen LogP contribution in [0, 0.1) is 0 Å². The number of benzene rings is 2. The Hall–Kier alpha value is -2.86. The number of carbonyl (C=O) groups excluding carboxylic acids is 1. The summed E-state index contributed by atoms with van der Waals surface area (Å²) < 4.78 is 11.5. The number of aliphatic carboxylic acids is 1.